The number of aromatic nitrogens is 2. The van der Waals surface area contributed by atoms with Crippen molar-refractivity contribution in [2.24, 2.45) is 0 Å². The van der Waals surface area contributed by atoms with Crippen LogP contribution in [0.15, 0.2) is 24.4 Å². The molecule has 0 spiro atoms. The molecule has 9 nitrogen and oxygen atoms in total. The predicted molar refractivity (Wildman–Crippen MR) is 135 cm³/mol. The molecule has 5 rings (SSSR count). The zero-order chi connectivity index (χ0) is 26.9. The van der Waals surface area contributed by atoms with Crippen LogP contribution in [-0.4, -0.2) is 59.1 Å². The van der Waals surface area contributed by atoms with Crippen molar-refractivity contribution in [3.8, 4) is 0 Å². The Bertz CT molecular complexity index is 1240. The van der Waals surface area contributed by atoms with Crippen LogP contribution in [0.2, 0.25) is 0 Å². The third-order valence-electron chi connectivity index (χ3n) is 7.74. The number of hydrogen-bond donors (Lipinski definition) is 1. The molecule has 1 aromatic carbocycles. The van der Waals surface area contributed by atoms with E-state index in [0.717, 1.165) is 53.5 Å². The third-order valence-corrected chi connectivity index (χ3v) is 9.76. The molecule has 38 heavy (non-hydrogen) atoms. The number of rotatable bonds is 8. The summed E-state index contributed by atoms with van der Waals surface area (Å²) >= 11 is 0. The van der Waals surface area contributed by atoms with Gasteiger partial charge in [0.1, 0.15) is 17.7 Å². The topological polar surface area (TPSA) is 103 Å². The molecule has 2 aliphatic heterocycles. The molecule has 1 saturated heterocycles. The number of benzene rings is 1. The van der Waals surface area contributed by atoms with Crippen molar-refractivity contribution in [1.29, 1.82) is 0 Å². The van der Waals surface area contributed by atoms with Gasteiger partial charge in [0.05, 0.1) is 30.2 Å². The molecular weight excluding hydrogens is 518 g/mol. The average Bonchev–Trinajstić information content (AvgIpc) is 3.63. The van der Waals surface area contributed by atoms with Crippen molar-refractivity contribution in [3.05, 3.63) is 52.9 Å². The molecule has 0 bridgehead atoms. The van der Waals surface area contributed by atoms with Gasteiger partial charge in [0.25, 0.3) is 10.0 Å². The molecule has 0 unspecified atom stereocenters. The van der Waals surface area contributed by atoms with Crippen LogP contribution in [-0.2, 0) is 32.6 Å². The van der Waals surface area contributed by atoms with Gasteiger partial charge in [-0.2, -0.15) is 9.19 Å². The van der Waals surface area contributed by atoms with Crippen LogP contribution >= 0.6 is 0 Å². The van der Waals surface area contributed by atoms with E-state index >= 15 is 0 Å². The van der Waals surface area contributed by atoms with Gasteiger partial charge in [-0.25, -0.2) is 22.0 Å². The number of hydrogen-bond acceptors (Lipinski definition) is 7. The van der Waals surface area contributed by atoms with Gasteiger partial charge in [0, 0.05) is 36.5 Å². The number of nitrogens with zero attached hydrogens (tertiary/aromatic N) is 3. The van der Waals surface area contributed by atoms with Crippen molar-refractivity contribution in [2.75, 3.05) is 13.2 Å². The van der Waals surface area contributed by atoms with E-state index in [1.165, 1.54) is 0 Å². The maximum Gasteiger partial charge on any atom is 0.407 e. The fraction of sp³-hybridized carbons (Fsp3) is 0.615. The summed E-state index contributed by atoms with van der Waals surface area (Å²) in [5, 5.41) is 6.83. The molecule has 3 heterocycles. The number of carbonyl (C=O) groups excluding carboxylic acids is 1. The standard InChI is InChI=1S/C26H34F2N4O5S/c1-2-3-10-36-26(33)29-23-12-19(16-37-25(23)21-11-18(27)8-9-22(21)28)31-13-17-14-32(30-24(17)15-31)38(34,35)20-6-4-5-7-20/h8-9,11,14,19-20,23,25H,2-7,10,12-13,15-16H2,1H3,(H,29,33)/t19-,23+,25-/m1/s1. The molecule has 12 heteroatoms. The maximum atomic E-state index is 14.6. The number of halogens is 2. The molecule has 2 fully saturated rings. The van der Waals surface area contributed by atoms with E-state index in [9.17, 15) is 22.0 Å². The number of fused-ring (bicyclic) bond motifs is 1. The molecule has 1 amide bonds. The van der Waals surface area contributed by atoms with E-state index in [1.54, 1.807) is 6.20 Å². The minimum absolute atomic E-state index is 0.0421. The molecule has 208 valence electrons. The number of amides is 1. The first-order valence-electron chi connectivity index (χ1n) is 13.3. The fourth-order valence-corrected chi connectivity index (χ4v) is 7.35. The third kappa shape index (κ3) is 5.57. The summed E-state index contributed by atoms with van der Waals surface area (Å²) in [6.45, 7) is 3.39. The summed E-state index contributed by atoms with van der Waals surface area (Å²) in [5.74, 6) is -1.20. The summed E-state index contributed by atoms with van der Waals surface area (Å²) in [4.78, 5) is 14.6. The van der Waals surface area contributed by atoms with Crippen LogP contribution in [0.4, 0.5) is 13.6 Å². The van der Waals surface area contributed by atoms with Gasteiger partial charge in [0.2, 0.25) is 0 Å². The van der Waals surface area contributed by atoms with E-state index in [4.69, 9.17) is 9.47 Å². The average molecular weight is 553 g/mol. The molecule has 1 N–H and O–H groups in total. The van der Waals surface area contributed by atoms with Gasteiger partial charge < -0.3 is 14.8 Å². The Morgan fingerprint density at radius 3 is 2.76 bits per heavy atom. The smallest absolute Gasteiger partial charge is 0.407 e. The van der Waals surface area contributed by atoms with Gasteiger partial charge in [-0.05, 0) is 43.9 Å². The minimum Gasteiger partial charge on any atom is -0.450 e. The summed E-state index contributed by atoms with van der Waals surface area (Å²) in [5.41, 5.74) is 1.59. The zero-order valence-electron chi connectivity index (χ0n) is 21.4. The summed E-state index contributed by atoms with van der Waals surface area (Å²) in [6, 6.07) is 2.37. The lowest BCUT2D eigenvalue weighted by Gasteiger charge is -2.40. The lowest BCUT2D eigenvalue weighted by molar-refractivity contribution is -0.0609. The van der Waals surface area contributed by atoms with E-state index in [1.807, 2.05) is 6.92 Å². The van der Waals surface area contributed by atoms with Crippen molar-refractivity contribution >= 4 is 16.1 Å². The number of nitrogens with one attached hydrogen (secondary N) is 1. The van der Waals surface area contributed by atoms with Crippen molar-refractivity contribution in [1.82, 2.24) is 19.4 Å². The minimum atomic E-state index is -3.50. The fourth-order valence-electron chi connectivity index (χ4n) is 5.63. The van der Waals surface area contributed by atoms with Crippen LogP contribution in [0.25, 0.3) is 0 Å². The van der Waals surface area contributed by atoms with Crippen molar-refractivity contribution in [2.45, 2.75) is 88.4 Å². The first-order chi connectivity index (χ1) is 18.3. The quantitative estimate of drug-likeness (QED) is 0.494. The zero-order valence-corrected chi connectivity index (χ0v) is 22.3. The van der Waals surface area contributed by atoms with Gasteiger partial charge in [-0.3, -0.25) is 4.90 Å². The molecular formula is C26H34F2N4O5S. The van der Waals surface area contributed by atoms with Crippen LogP contribution in [0, 0.1) is 11.6 Å². The highest BCUT2D eigenvalue weighted by molar-refractivity contribution is 7.90. The number of ether oxygens (including phenoxy) is 2. The summed E-state index contributed by atoms with van der Waals surface area (Å²) in [7, 11) is -3.50. The van der Waals surface area contributed by atoms with Gasteiger partial charge in [0.15, 0.2) is 0 Å². The second-order valence-electron chi connectivity index (χ2n) is 10.4. The van der Waals surface area contributed by atoms with E-state index in [0.29, 0.717) is 38.0 Å². The van der Waals surface area contributed by atoms with Gasteiger partial charge in [-0.1, -0.05) is 26.2 Å². The molecule has 1 aliphatic carbocycles. The second kappa shape index (κ2) is 11.3. The van der Waals surface area contributed by atoms with Crippen molar-refractivity contribution < 1.29 is 31.5 Å². The van der Waals surface area contributed by atoms with E-state index in [2.05, 4.69) is 15.3 Å². The lowest BCUT2D eigenvalue weighted by atomic mass is 9.92. The first kappa shape index (κ1) is 27.0. The van der Waals surface area contributed by atoms with E-state index in [-0.39, 0.29) is 30.1 Å². The highest BCUT2D eigenvalue weighted by atomic mass is 32.2. The Morgan fingerprint density at radius 1 is 1.24 bits per heavy atom. The molecule has 3 atom stereocenters. The Hall–Kier alpha value is -2.57. The lowest BCUT2D eigenvalue weighted by Crippen LogP contribution is -2.51. The van der Waals surface area contributed by atoms with Gasteiger partial charge in [-0.15, -0.1) is 0 Å². The number of alkyl carbamates (subject to hydrolysis) is 1. The van der Waals surface area contributed by atoms with Crippen LogP contribution < -0.4 is 5.32 Å². The highest BCUT2D eigenvalue weighted by Crippen LogP contribution is 2.35. The maximum absolute atomic E-state index is 14.6. The largest absolute Gasteiger partial charge is 0.450 e. The molecule has 1 saturated carbocycles. The SMILES string of the molecule is CCCCOC(=O)N[C@H]1C[C@@H](N2Cc3cn(S(=O)(=O)C4CCCC4)nc3C2)CO[C@@H]1c1cc(F)ccc1F. The van der Waals surface area contributed by atoms with Crippen LogP contribution in [0.1, 0.15) is 74.8 Å². The summed E-state index contributed by atoms with van der Waals surface area (Å²) < 4.78 is 66.9. The Balaban J connectivity index is 1.29. The molecule has 1 aromatic heterocycles. The second-order valence-corrected chi connectivity index (χ2v) is 12.5. The molecule has 0 radical (unpaired) electrons. The van der Waals surface area contributed by atoms with Crippen LogP contribution in [0.5, 0.6) is 0 Å². The van der Waals surface area contributed by atoms with E-state index < -0.39 is 39.9 Å². The Labute approximate surface area is 221 Å². The Kier molecular flexibility index (Phi) is 8.01. The van der Waals surface area contributed by atoms with Crippen LogP contribution in [0.3, 0.4) is 0 Å². The van der Waals surface area contributed by atoms with Gasteiger partial charge >= 0.3 is 6.09 Å². The number of unbranched alkanes of at least 4 members (excludes halogenated alkanes) is 1. The number of carbonyl (C=O) groups is 1. The summed E-state index contributed by atoms with van der Waals surface area (Å²) in [6.07, 6.45) is 5.27. The predicted octanol–water partition coefficient (Wildman–Crippen LogP) is 4.02. The molecule has 2 aromatic rings. The monoisotopic (exact) mass is 552 g/mol. The van der Waals surface area contributed by atoms with Crippen molar-refractivity contribution in [3.63, 3.8) is 0 Å². The Morgan fingerprint density at radius 2 is 2.03 bits per heavy atom. The molecule has 3 aliphatic rings. The highest BCUT2D eigenvalue weighted by Gasteiger charge is 2.40. The first-order valence-corrected chi connectivity index (χ1v) is 14.8. The normalized spacial score (nSPS) is 24.4.